The first-order valence-electron chi connectivity index (χ1n) is 8.52. The number of hydrogen-bond donors (Lipinski definition) is 2. The summed E-state index contributed by atoms with van der Waals surface area (Å²) in [5.41, 5.74) is 6.42. The minimum absolute atomic E-state index is 0.364. The van der Waals surface area contributed by atoms with E-state index < -0.39 is 23.9 Å². The van der Waals surface area contributed by atoms with Gasteiger partial charge < -0.3 is 9.47 Å². The summed E-state index contributed by atoms with van der Waals surface area (Å²) in [6.45, 7) is 4.65. The van der Waals surface area contributed by atoms with Crippen LogP contribution in [0.5, 0.6) is 5.75 Å². The third kappa shape index (κ3) is 5.99. The molecule has 0 aliphatic carbocycles. The Hall–Kier alpha value is -3.06. The predicted octanol–water partition coefficient (Wildman–Crippen LogP) is 2.73. The van der Waals surface area contributed by atoms with Crippen LogP contribution < -0.4 is 15.6 Å². The van der Waals surface area contributed by atoms with Crippen LogP contribution in [0.15, 0.2) is 42.5 Å². The molecule has 7 nitrogen and oxygen atoms in total. The molecule has 0 radical (unpaired) electrons. The second-order valence-corrected chi connectivity index (χ2v) is 6.54. The highest BCUT2D eigenvalue weighted by Crippen LogP contribution is 2.26. The molecule has 0 saturated carbocycles. The summed E-state index contributed by atoms with van der Waals surface area (Å²) in [4.78, 5) is 35.8. The Labute approximate surface area is 167 Å². The smallest absolute Gasteiger partial charge is 0.344 e. The van der Waals surface area contributed by atoms with Gasteiger partial charge in [0.05, 0.1) is 0 Å². The van der Waals surface area contributed by atoms with E-state index in [1.165, 1.54) is 6.92 Å². The van der Waals surface area contributed by atoms with Crippen LogP contribution in [0, 0.1) is 13.8 Å². The first-order chi connectivity index (χ1) is 13.3. The number of hydrazine groups is 1. The Balaban J connectivity index is 1.80. The number of hydrogen-bond acceptors (Lipinski definition) is 5. The third-order valence-corrected chi connectivity index (χ3v) is 3.99. The summed E-state index contributed by atoms with van der Waals surface area (Å²) < 4.78 is 10.5. The highest BCUT2D eigenvalue weighted by atomic mass is 35.5. The quantitative estimate of drug-likeness (QED) is 0.570. The van der Waals surface area contributed by atoms with Crippen molar-refractivity contribution in [3.63, 3.8) is 0 Å². The van der Waals surface area contributed by atoms with E-state index in [0.29, 0.717) is 16.3 Å². The second kappa shape index (κ2) is 9.75. The molecule has 2 N–H and O–H groups in total. The maximum atomic E-state index is 12.0. The normalized spacial score (nSPS) is 11.3. The van der Waals surface area contributed by atoms with Crippen LogP contribution in [0.2, 0.25) is 5.02 Å². The molecule has 28 heavy (non-hydrogen) atoms. The van der Waals surface area contributed by atoms with Crippen LogP contribution in [0.1, 0.15) is 28.4 Å². The molecule has 8 heteroatoms. The molecule has 2 rings (SSSR count). The number of nitrogens with one attached hydrogen (secondary N) is 2. The number of carbonyl (C=O) groups is 3. The number of aryl methyl sites for hydroxylation is 2. The zero-order valence-corrected chi connectivity index (χ0v) is 16.5. The van der Waals surface area contributed by atoms with E-state index in [1.807, 2.05) is 13.8 Å². The maximum absolute atomic E-state index is 12.0. The Morgan fingerprint density at radius 2 is 1.64 bits per heavy atom. The van der Waals surface area contributed by atoms with E-state index in [2.05, 4.69) is 10.9 Å². The lowest BCUT2D eigenvalue weighted by Crippen LogP contribution is -2.47. The lowest BCUT2D eigenvalue weighted by Gasteiger charge is -2.15. The topological polar surface area (TPSA) is 93.7 Å². The zero-order valence-electron chi connectivity index (χ0n) is 15.7. The SMILES string of the molecule is Cc1cc(Cl)cc(C)c1OCC(=O)O[C@H](C)C(=O)NNC(=O)c1ccccc1. The van der Waals surface area contributed by atoms with Crippen molar-refractivity contribution >= 4 is 29.4 Å². The molecule has 0 unspecified atom stereocenters. The van der Waals surface area contributed by atoms with Crippen molar-refractivity contribution in [1.29, 1.82) is 0 Å². The summed E-state index contributed by atoms with van der Waals surface area (Å²) >= 11 is 5.96. The molecule has 0 saturated heterocycles. The molecule has 0 aliphatic heterocycles. The largest absolute Gasteiger partial charge is 0.481 e. The standard InChI is InChI=1S/C20H21ClN2O5/c1-12-9-16(21)10-13(2)18(12)27-11-17(24)28-14(3)19(25)22-23-20(26)15-7-5-4-6-8-15/h4-10,14H,11H2,1-3H3,(H,22,25)(H,23,26)/t14-/m1/s1. The lowest BCUT2D eigenvalue weighted by molar-refractivity contribution is -0.156. The number of amides is 2. The minimum atomic E-state index is -1.11. The van der Waals surface area contributed by atoms with Crippen LogP contribution in [-0.2, 0) is 14.3 Å². The van der Waals surface area contributed by atoms with Crippen molar-refractivity contribution in [2.24, 2.45) is 0 Å². The number of rotatable bonds is 6. The van der Waals surface area contributed by atoms with Gasteiger partial charge in [-0.25, -0.2) is 4.79 Å². The van der Waals surface area contributed by atoms with Crippen molar-refractivity contribution in [1.82, 2.24) is 10.9 Å². The van der Waals surface area contributed by atoms with Gasteiger partial charge in [0.1, 0.15) is 5.75 Å². The van der Waals surface area contributed by atoms with Crippen molar-refractivity contribution in [2.45, 2.75) is 26.9 Å². The Morgan fingerprint density at radius 1 is 1.04 bits per heavy atom. The van der Waals surface area contributed by atoms with Crippen molar-refractivity contribution < 1.29 is 23.9 Å². The molecule has 0 aliphatic rings. The first-order valence-corrected chi connectivity index (χ1v) is 8.90. The van der Waals surface area contributed by atoms with Gasteiger partial charge in [0, 0.05) is 10.6 Å². The number of ether oxygens (including phenoxy) is 2. The fourth-order valence-corrected chi connectivity index (χ4v) is 2.75. The summed E-state index contributed by atoms with van der Waals surface area (Å²) in [5.74, 6) is -1.33. The fraction of sp³-hybridized carbons (Fsp3) is 0.250. The summed E-state index contributed by atoms with van der Waals surface area (Å²) in [7, 11) is 0. The lowest BCUT2D eigenvalue weighted by atomic mass is 10.1. The molecular formula is C20H21ClN2O5. The molecule has 0 fully saturated rings. The van der Waals surface area contributed by atoms with Crippen LogP contribution in [0.3, 0.4) is 0 Å². The Kier molecular flexibility index (Phi) is 7.40. The van der Waals surface area contributed by atoms with Crippen LogP contribution in [-0.4, -0.2) is 30.5 Å². The van der Waals surface area contributed by atoms with Gasteiger partial charge in [-0.2, -0.15) is 0 Å². The van der Waals surface area contributed by atoms with E-state index in [-0.39, 0.29) is 6.61 Å². The zero-order chi connectivity index (χ0) is 20.7. The minimum Gasteiger partial charge on any atom is -0.481 e. The Morgan fingerprint density at radius 3 is 2.25 bits per heavy atom. The van der Waals surface area contributed by atoms with Crippen LogP contribution >= 0.6 is 11.6 Å². The fourth-order valence-electron chi connectivity index (χ4n) is 2.42. The molecule has 1 atom stereocenters. The van der Waals surface area contributed by atoms with E-state index >= 15 is 0 Å². The average Bonchev–Trinajstić information content (AvgIpc) is 2.65. The maximum Gasteiger partial charge on any atom is 0.344 e. The van der Waals surface area contributed by atoms with Crippen molar-refractivity contribution in [3.05, 3.63) is 64.2 Å². The molecule has 2 amide bonds. The van der Waals surface area contributed by atoms with Crippen molar-refractivity contribution in [3.8, 4) is 5.75 Å². The molecular weight excluding hydrogens is 384 g/mol. The van der Waals surface area contributed by atoms with E-state index in [1.54, 1.807) is 42.5 Å². The molecule has 0 bridgehead atoms. The number of esters is 1. The number of benzene rings is 2. The van der Waals surface area contributed by atoms with Crippen molar-refractivity contribution in [2.75, 3.05) is 6.61 Å². The summed E-state index contributed by atoms with van der Waals surface area (Å²) in [5, 5.41) is 0.577. The monoisotopic (exact) mass is 404 g/mol. The Bertz CT molecular complexity index is 847. The third-order valence-electron chi connectivity index (χ3n) is 3.77. The van der Waals surface area contributed by atoms with Gasteiger partial charge in [0.15, 0.2) is 12.7 Å². The van der Waals surface area contributed by atoms with Gasteiger partial charge in [-0.15, -0.1) is 0 Å². The summed E-state index contributed by atoms with van der Waals surface area (Å²) in [6.07, 6.45) is -1.11. The molecule has 0 aromatic heterocycles. The summed E-state index contributed by atoms with van der Waals surface area (Å²) in [6, 6.07) is 11.8. The van der Waals surface area contributed by atoms with Crippen LogP contribution in [0.25, 0.3) is 0 Å². The van der Waals surface area contributed by atoms with Gasteiger partial charge >= 0.3 is 5.97 Å². The van der Waals surface area contributed by atoms with E-state index in [0.717, 1.165) is 11.1 Å². The van der Waals surface area contributed by atoms with Gasteiger partial charge in [-0.3, -0.25) is 20.4 Å². The second-order valence-electron chi connectivity index (χ2n) is 6.10. The first kappa shape index (κ1) is 21.2. The van der Waals surface area contributed by atoms with Gasteiger partial charge in [0.25, 0.3) is 11.8 Å². The van der Waals surface area contributed by atoms with Crippen LogP contribution in [0.4, 0.5) is 0 Å². The number of carbonyl (C=O) groups excluding carboxylic acids is 3. The van der Waals surface area contributed by atoms with E-state index in [4.69, 9.17) is 21.1 Å². The van der Waals surface area contributed by atoms with Gasteiger partial charge in [0.2, 0.25) is 0 Å². The average molecular weight is 405 g/mol. The molecule has 148 valence electrons. The molecule has 2 aromatic rings. The molecule has 2 aromatic carbocycles. The molecule has 0 heterocycles. The van der Waals surface area contributed by atoms with E-state index in [9.17, 15) is 14.4 Å². The number of halogens is 1. The molecule has 0 spiro atoms. The van der Waals surface area contributed by atoms with Gasteiger partial charge in [-0.1, -0.05) is 29.8 Å². The highest BCUT2D eigenvalue weighted by molar-refractivity contribution is 6.30. The highest BCUT2D eigenvalue weighted by Gasteiger charge is 2.19. The predicted molar refractivity (Wildman–Crippen MR) is 104 cm³/mol. The van der Waals surface area contributed by atoms with Gasteiger partial charge in [-0.05, 0) is 56.2 Å².